The number of aromatic nitrogens is 2. The van der Waals surface area contributed by atoms with Gasteiger partial charge in [-0.15, -0.1) is 24.0 Å². The van der Waals surface area contributed by atoms with Crippen molar-refractivity contribution < 1.29 is 0 Å². The third-order valence-electron chi connectivity index (χ3n) is 3.68. The molecule has 1 aromatic carbocycles. The zero-order valence-electron chi connectivity index (χ0n) is 12.3. The summed E-state index contributed by atoms with van der Waals surface area (Å²) in [4.78, 5) is 10.9. The second-order valence-electron chi connectivity index (χ2n) is 4.89. The van der Waals surface area contributed by atoms with Gasteiger partial charge in [-0.05, 0) is 18.1 Å². The molecule has 5 nitrogen and oxygen atoms in total. The number of anilines is 1. The molecule has 0 fully saturated rings. The number of nitrogens with one attached hydrogen (secondary N) is 1. The Bertz CT molecular complexity index is 634. The van der Waals surface area contributed by atoms with E-state index in [1.807, 2.05) is 31.1 Å². The van der Waals surface area contributed by atoms with Gasteiger partial charge in [0, 0.05) is 38.7 Å². The Morgan fingerprint density at radius 1 is 1.38 bits per heavy atom. The zero-order chi connectivity index (χ0) is 13.9. The van der Waals surface area contributed by atoms with E-state index in [-0.39, 0.29) is 24.0 Å². The molecule has 1 aliphatic rings. The fraction of sp³-hybridized carbons (Fsp3) is 0.333. The number of imidazole rings is 1. The molecule has 2 heterocycles. The normalized spacial score (nSPS) is 13.8. The average Bonchev–Trinajstić information content (AvgIpc) is 3.07. The van der Waals surface area contributed by atoms with E-state index in [4.69, 9.17) is 0 Å². The molecule has 0 spiro atoms. The maximum absolute atomic E-state index is 4.39. The molecular weight excluding hydrogens is 377 g/mol. The van der Waals surface area contributed by atoms with E-state index < -0.39 is 0 Å². The third kappa shape index (κ3) is 3.20. The van der Waals surface area contributed by atoms with Gasteiger partial charge in [0.05, 0.1) is 6.54 Å². The van der Waals surface area contributed by atoms with Crippen LogP contribution in [0.15, 0.2) is 41.7 Å². The number of aryl methyl sites for hydroxylation is 1. The number of fused-ring (bicyclic) bond motifs is 1. The molecule has 0 bridgehead atoms. The lowest BCUT2D eigenvalue weighted by atomic mass is 10.2. The highest BCUT2D eigenvalue weighted by Gasteiger charge is 2.22. The summed E-state index contributed by atoms with van der Waals surface area (Å²) in [6.45, 7) is 1.65. The number of guanidine groups is 1. The highest BCUT2D eigenvalue weighted by molar-refractivity contribution is 14.0. The summed E-state index contributed by atoms with van der Waals surface area (Å²) in [5, 5.41) is 3.39. The molecule has 0 aliphatic carbocycles. The number of nitrogens with zero attached hydrogens (tertiary/aromatic N) is 4. The first-order valence-corrected chi connectivity index (χ1v) is 6.82. The number of rotatable bonds is 2. The molecule has 1 aliphatic heterocycles. The second kappa shape index (κ2) is 6.93. The number of hydrogen-bond donors (Lipinski definition) is 1. The first kappa shape index (κ1) is 15.8. The van der Waals surface area contributed by atoms with Crippen LogP contribution in [0, 0.1) is 0 Å². The van der Waals surface area contributed by atoms with Gasteiger partial charge in [0.15, 0.2) is 5.96 Å². The SMILES string of the molecule is CN=C(NCc1nccn1C)N1CCc2ccccc21.I. The van der Waals surface area contributed by atoms with E-state index in [9.17, 15) is 0 Å². The van der Waals surface area contributed by atoms with Gasteiger partial charge in [0.25, 0.3) is 0 Å². The van der Waals surface area contributed by atoms with Crippen LogP contribution in [0.25, 0.3) is 0 Å². The molecule has 0 atom stereocenters. The van der Waals surface area contributed by atoms with Gasteiger partial charge in [-0.1, -0.05) is 18.2 Å². The summed E-state index contributed by atoms with van der Waals surface area (Å²) >= 11 is 0. The maximum Gasteiger partial charge on any atom is 0.198 e. The predicted molar refractivity (Wildman–Crippen MR) is 96.3 cm³/mol. The van der Waals surface area contributed by atoms with E-state index in [2.05, 4.69) is 44.5 Å². The van der Waals surface area contributed by atoms with E-state index in [1.54, 1.807) is 0 Å². The fourth-order valence-corrected chi connectivity index (χ4v) is 2.58. The number of halogens is 1. The zero-order valence-corrected chi connectivity index (χ0v) is 14.6. The van der Waals surface area contributed by atoms with Crippen LogP contribution in [0.4, 0.5) is 5.69 Å². The van der Waals surface area contributed by atoms with E-state index >= 15 is 0 Å². The maximum atomic E-state index is 4.39. The summed E-state index contributed by atoms with van der Waals surface area (Å²) in [7, 11) is 3.82. The molecule has 0 unspecified atom stereocenters. The van der Waals surface area contributed by atoms with Crippen LogP contribution in [0.2, 0.25) is 0 Å². The number of para-hydroxylation sites is 1. The Morgan fingerprint density at radius 2 is 2.19 bits per heavy atom. The van der Waals surface area contributed by atoms with Gasteiger partial charge < -0.3 is 14.8 Å². The van der Waals surface area contributed by atoms with Crippen LogP contribution in [0.5, 0.6) is 0 Å². The molecule has 1 N–H and O–H groups in total. The molecule has 112 valence electrons. The Balaban J connectivity index is 0.00000161. The van der Waals surface area contributed by atoms with Crippen LogP contribution in [-0.2, 0) is 20.0 Å². The van der Waals surface area contributed by atoms with Crippen LogP contribution in [0.1, 0.15) is 11.4 Å². The molecule has 0 saturated heterocycles. The average molecular weight is 397 g/mol. The number of benzene rings is 1. The lowest BCUT2D eigenvalue weighted by Crippen LogP contribution is -2.40. The number of aliphatic imine (C=N–C) groups is 1. The lowest BCUT2D eigenvalue weighted by Gasteiger charge is -2.22. The molecule has 3 rings (SSSR count). The molecule has 0 amide bonds. The third-order valence-corrected chi connectivity index (χ3v) is 3.68. The topological polar surface area (TPSA) is 45.5 Å². The van der Waals surface area contributed by atoms with Crippen molar-refractivity contribution in [1.29, 1.82) is 0 Å². The van der Waals surface area contributed by atoms with E-state index in [0.29, 0.717) is 6.54 Å². The van der Waals surface area contributed by atoms with Gasteiger partial charge >= 0.3 is 0 Å². The quantitative estimate of drug-likeness (QED) is 0.480. The molecule has 0 radical (unpaired) electrons. The Labute approximate surface area is 142 Å². The van der Waals surface area contributed by atoms with Crippen LogP contribution in [-0.4, -0.2) is 29.1 Å². The van der Waals surface area contributed by atoms with Crippen molar-refractivity contribution >= 4 is 35.6 Å². The highest BCUT2D eigenvalue weighted by Crippen LogP contribution is 2.27. The Hall–Kier alpha value is -1.57. The van der Waals surface area contributed by atoms with Gasteiger partial charge in [0.1, 0.15) is 5.82 Å². The second-order valence-corrected chi connectivity index (χ2v) is 4.89. The molecular formula is C15H20IN5. The largest absolute Gasteiger partial charge is 0.349 e. The van der Waals surface area contributed by atoms with E-state index in [0.717, 1.165) is 24.7 Å². The van der Waals surface area contributed by atoms with Crippen molar-refractivity contribution in [3.8, 4) is 0 Å². The highest BCUT2D eigenvalue weighted by atomic mass is 127. The minimum absolute atomic E-state index is 0. The van der Waals surface area contributed by atoms with Crippen molar-refractivity contribution in [1.82, 2.24) is 14.9 Å². The van der Waals surface area contributed by atoms with Crippen molar-refractivity contribution in [2.24, 2.45) is 12.0 Å². The fourth-order valence-electron chi connectivity index (χ4n) is 2.58. The van der Waals surface area contributed by atoms with Crippen molar-refractivity contribution in [3.63, 3.8) is 0 Å². The van der Waals surface area contributed by atoms with Gasteiger partial charge in [-0.3, -0.25) is 4.99 Å². The molecule has 21 heavy (non-hydrogen) atoms. The van der Waals surface area contributed by atoms with Gasteiger partial charge in [-0.25, -0.2) is 4.98 Å². The number of hydrogen-bond acceptors (Lipinski definition) is 2. The Kier molecular flexibility index (Phi) is 5.22. The van der Waals surface area contributed by atoms with Crippen LogP contribution >= 0.6 is 24.0 Å². The van der Waals surface area contributed by atoms with Gasteiger partial charge in [0.2, 0.25) is 0 Å². The van der Waals surface area contributed by atoms with Crippen molar-refractivity contribution in [3.05, 3.63) is 48.0 Å². The lowest BCUT2D eigenvalue weighted by molar-refractivity contribution is 0.741. The summed E-state index contributed by atoms with van der Waals surface area (Å²) in [5.41, 5.74) is 2.63. The summed E-state index contributed by atoms with van der Waals surface area (Å²) < 4.78 is 2.01. The summed E-state index contributed by atoms with van der Waals surface area (Å²) in [6.07, 6.45) is 4.83. The first-order valence-electron chi connectivity index (χ1n) is 6.82. The smallest absolute Gasteiger partial charge is 0.198 e. The minimum Gasteiger partial charge on any atom is -0.349 e. The van der Waals surface area contributed by atoms with E-state index in [1.165, 1.54) is 11.3 Å². The van der Waals surface area contributed by atoms with Crippen molar-refractivity contribution in [2.45, 2.75) is 13.0 Å². The van der Waals surface area contributed by atoms with Gasteiger partial charge in [-0.2, -0.15) is 0 Å². The molecule has 1 aromatic heterocycles. The van der Waals surface area contributed by atoms with Crippen molar-refractivity contribution in [2.75, 3.05) is 18.5 Å². The summed E-state index contributed by atoms with van der Waals surface area (Å²) in [6, 6.07) is 8.49. The summed E-state index contributed by atoms with van der Waals surface area (Å²) in [5.74, 6) is 1.90. The predicted octanol–water partition coefficient (Wildman–Crippen LogP) is 2.18. The minimum atomic E-state index is 0. The Morgan fingerprint density at radius 3 is 2.90 bits per heavy atom. The molecule has 0 saturated carbocycles. The monoisotopic (exact) mass is 397 g/mol. The standard InChI is InChI=1S/C15H19N5.HI/c1-16-15(18-11-14-17-8-10-19(14)2)20-9-7-12-5-3-4-6-13(12)20;/h3-6,8,10H,7,9,11H2,1-2H3,(H,16,18);1H. The molecule has 6 heteroatoms. The molecule has 2 aromatic rings. The van der Waals surface area contributed by atoms with Crippen LogP contribution in [0.3, 0.4) is 0 Å². The van der Waals surface area contributed by atoms with Crippen LogP contribution < -0.4 is 10.2 Å². The first-order chi connectivity index (χ1) is 9.79.